The van der Waals surface area contributed by atoms with Crippen molar-refractivity contribution in [2.75, 3.05) is 18.4 Å². The molecule has 0 saturated carbocycles. The van der Waals surface area contributed by atoms with Crippen molar-refractivity contribution < 1.29 is 13.2 Å². The number of rotatable bonds is 7. The first-order chi connectivity index (χ1) is 13.5. The lowest BCUT2D eigenvalue weighted by Crippen LogP contribution is -2.30. The summed E-state index contributed by atoms with van der Waals surface area (Å²) in [4.78, 5) is 21.1. The van der Waals surface area contributed by atoms with E-state index in [1.807, 2.05) is 17.5 Å². The minimum absolute atomic E-state index is 0.167. The lowest BCUT2D eigenvalue weighted by Gasteiger charge is -2.18. The third-order valence-corrected chi connectivity index (χ3v) is 6.96. The smallest absolute Gasteiger partial charge is 0.257 e. The summed E-state index contributed by atoms with van der Waals surface area (Å²) < 4.78 is 26.4. The minimum atomic E-state index is -3.54. The van der Waals surface area contributed by atoms with E-state index < -0.39 is 10.0 Å². The summed E-state index contributed by atoms with van der Waals surface area (Å²) >= 11 is 1.31. The van der Waals surface area contributed by atoms with E-state index >= 15 is 0 Å². The Kier molecular flexibility index (Phi) is 6.18. The SMILES string of the molecule is CCN(CC)S(=O)(=O)c1ccc(C(=O)Nc2nc(-c3cccnc3)cs2)cc1. The Hall–Kier alpha value is -2.62. The van der Waals surface area contributed by atoms with Gasteiger partial charge in [0, 0.05) is 42.0 Å². The number of carbonyl (C=O) groups excluding carboxylic acids is 1. The summed E-state index contributed by atoms with van der Waals surface area (Å²) in [6.45, 7) is 4.36. The van der Waals surface area contributed by atoms with Crippen LogP contribution in [-0.2, 0) is 10.0 Å². The van der Waals surface area contributed by atoms with E-state index in [0.29, 0.717) is 23.8 Å². The number of hydrogen-bond donors (Lipinski definition) is 1. The molecule has 3 rings (SSSR count). The maximum absolute atomic E-state index is 12.5. The number of hydrogen-bond acceptors (Lipinski definition) is 6. The Bertz CT molecular complexity index is 1040. The van der Waals surface area contributed by atoms with Crippen LogP contribution in [0.25, 0.3) is 11.3 Å². The van der Waals surface area contributed by atoms with E-state index in [1.54, 1.807) is 26.2 Å². The van der Waals surface area contributed by atoms with Crippen molar-refractivity contribution in [3.05, 3.63) is 59.7 Å². The van der Waals surface area contributed by atoms with Gasteiger partial charge in [0.25, 0.3) is 5.91 Å². The molecule has 28 heavy (non-hydrogen) atoms. The minimum Gasteiger partial charge on any atom is -0.298 e. The molecule has 0 aliphatic carbocycles. The fraction of sp³-hybridized carbons (Fsp3) is 0.211. The van der Waals surface area contributed by atoms with Crippen molar-refractivity contribution in [1.82, 2.24) is 14.3 Å². The Morgan fingerprint density at radius 1 is 1.14 bits per heavy atom. The second-order valence-electron chi connectivity index (χ2n) is 5.85. The van der Waals surface area contributed by atoms with Crippen molar-refractivity contribution in [2.45, 2.75) is 18.7 Å². The number of amides is 1. The Labute approximate surface area is 168 Å². The molecule has 1 aromatic carbocycles. The van der Waals surface area contributed by atoms with Gasteiger partial charge in [-0.1, -0.05) is 13.8 Å². The summed E-state index contributed by atoms with van der Waals surface area (Å²) in [7, 11) is -3.54. The Balaban J connectivity index is 1.73. The summed E-state index contributed by atoms with van der Waals surface area (Å²) in [6, 6.07) is 9.61. The lowest BCUT2D eigenvalue weighted by molar-refractivity contribution is 0.102. The predicted octanol–water partition coefficient (Wildman–Crippen LogP) is 3.49. The molecule has 0 fully saturated rings. The van der Waals surface area contributed by atoms with Crippen LogP contribution in [0.1, 0.15) is 24.2 Å². The standard InChI is InChI=1S/C19H20N4O3S2/c1-3-23(4-2)28(25,26)16-9-7-14(8-10-16)18(24)22-19-21-17(13-27-19)15-6-5-11-20-12-15/h5-13H,3-4H2,1-2H3,(H,21,22,24). The monoisotopic (exact) mass is 416 g/mol. The molecule has 7 nitrogen and oxygen atoms in total. The zero-order valence-corrected chi connectivity index (χ0v) is 17.1. The summed E-state index contributed by atoms with van der Waals surface area (Å²) in [5, 5.41) is 5.04. The molecule has 0 aliphatic heterocycles. The van der Waals surface area contributed by atoms with Gasteiger partial charge in [0.2, 0.25) is 10.0 Å². The lowest BCUT2D eigenvalue weighted by atomic mass is 10.2. The predicted molar refractivity (Wildman–Crippen MR) is 110 cm³/mol. The van der Waals surface area contributed by atoms with E-state index in [2.05, 4.69) is 15.3 Å². The number of anilines is 1. The average molecular weight is 417 g/mol. The van der Waals surface area contributed by atoms with Crippen LogP contribution < -0.4 is 5.32 Å². The molecule has 9 heteroatoms. The summed E-state index contributed by atoms with van der Waals surface area (Å²) in [5.41, 5.74) is 1.95. The highest BCUT2D eigenvalue weighted by molar-refractivity contribution is 7.89. The van der Waals surface area contributed by atoms with Crippen LogP contribution in [0.4, 0.5) is 5.13 Å². The summed E-state index contributed by atoms with van der Waals surface area (Å²) in [6.07, 6.45) is 3.39. The molecule has 3 aromatic rings. The zero-order valence-electron chi connectivity index (χ0n) is 15.5. The largest absolute Gasteiger partial charge is 0.298 e. The molecular formula is C19H20N4O3S2. The third kappa shape index (κ3) is 4.27. The van der Waals surface area contributed by atoms with E-state index in [1.165, 1.54) is 39.9 Å². The van der Waals surface area contributed by atoms with Gasteiger partial charge >= 0.3 is 0 Å². The number of nitrogens with one attached hydrogen (secondary N) is 1. The second kappa shape index (κ2) is 8.59. The molecule has 0 radical (unpaired) electrons. The number of benzene rings is 1. The van der Waals surface area contributed by atoms with Crippen molar-refractivity contribution in [3.63, 3.8) is 0 Å². The number of carbonyl (C=O) groups is 1. The van der Waals surface area contributed by atoms with E-state index in [0.717, 1.165) is 11.3 Å². The van der Waals surface area contributed by atoms with Crippen LogP contribution in [0.15, 0.2) is 59.1 Å². The van der Waals surface area contributed by atoms with Crippen LogP contribution in [0.2, 0.25) is 0 Å². The molecule has 1 N–H and O–H groups in total. The van der Waals surface area contributed by atoms with Gasteiger partial charge in [-0.15, -0.1) is 11.3 Å². The van der Waals surface area contributed by atoms with Gasteiger partial charge in [-0.2, -0.15) is 4.31 Å². The van der Waals surface area contributed by atoms with Crippen molar-refractivity contribution in [2.24, 2.45) is 0 Å². The van der Waals surface area contributed by atoms with Crippen LogP contribution >= 0.6 is 11.3 Å². The molecule has 0 unspecified atom stereocenters. The maximum Gasteiger partial charge on any atom is 0.257 e. The van der Waals surface area contributed by atoms with Gasteiger partial charge in [-0.05, 0) is 36.4 Å². The first kappa shape index (κ1) is 20.1. The molecule has 146 valence electrons. The second-order valence-corrected chi connectivity index (χ2v) is 8.64. The van der Waals surface area contributed by atoms with Gasteiger partial charge < -0.3 is 0 Å². The van der Waals surface area contributed by atoms with Crippen molar-refractivity contribution in [3.8, 4) is 11.3 Å². The molecular weight excluding hydrogens is 396 g/mol. The van der Waals surface area contributed by atoms with E-state index in [9.17, 15) is 13.2 Å². The highest BCUT2D eigenvalue weighted by Gasteiger charge is 2.21. The molecule has 2 heterocycles. The highest BCUT2D eigenvalue weighted by atomic mass is 32.2. The number of nitrogens with zero attached hydrogens (tertiary/aromatic N) is 3. The topological polar surface area (TPSA) is 92.3 Å². The molecule has 2 aromatic heterocycles. The number of sulfonamides is 1. The first-order valence-corrected chi connectivity index (χ1v) is 11.0. The molecule has 0 saturated heterocycles. The number of aromatic nitrogens is 2. The van der Waals surface area contributed by atoms with Crippen LogP contribution in [0.5, 0.6) is 0 Å². The van der Waals surface area contributed by atoms with Crippen molar-refractivity contribution in [1.29, 1.82) is 0 Å². The number of pyridine rings is 1. The van der Waals surface area contributed by atoms with E-state index in [4.69, 9.17) is 0 Å². The van der Waals surface area contributed by atoms with Crippen LogP contribution in [0, 0.1) is 0 Å². The maximum atomic E-state index is 12.5. The molecule has 0 aliphatic rings. The fourth-order valence-electron chi connectivity index (χ4n) is 2.64. The van der Waals surface area contributed by atoms with Gasteiger partial charge in [-0.25, -0.2) is 13.4 Å². The van der Waals surface area contributed by atoms with Gasteiger partial charge in [-0.3, -0.25) is 15.1 Å². The summed E-state index contributed by atoms with van der Waals surface area (Å²) in [5.74, 6) is -0.348. The third-order valence-electron chi connectivity index (χ3n) is 4.14. The van der Waals surface area contributed by atoms with Crippen LogP contribution in [0.3, 0.4) is 0 Å². The zero-order chi connectivity index (χ0) is 20.1. The first-order valence-electron chi connectivity index (χ1n) is 8.73. The van der Waals surface area contributed by atoms with Crippen LogP contribution in [-0.4, -0.2) is 41.7 Å². The van der Waals surface area contributed by atoms with Crippen molar-refractivity contribution >= 4 is 32.4 Å². The van der Waals surface area contributed by atoms with E-state index in [-0.39, 0.29) is 10.8 Å². The fourth-order valence-corrected chi connectivity index (χ4v) is 4.81. The molecule has 0 spiro atoms. The highest BCUT2D eigenvalue weighted by Crippen LogP contribution is 2.24. The van der Waals surface area contributed by atoms with Gasteiger partial charge in [0.1, 0.15) is 0 Å². The number of thiazole rings is 1. The normalized spacial score (nSPS) is 11.5. The Morgan fingerprint density at radius 2 is 1.86 bits per heavy atom. The molecule has 0 atom stereocenters. The average Bonchev–Trinajstić information content (AvgIpc) is 3.18. The quantitative estimate of drug-likeness (QED) is 0.636. The molecule has 0 bridgehead atoms. The van der Waals surface area contributed by atoms with Gasteiger partial charge in [0.15, 0.2) is 5.13 Å². The molecule has 1 amide bonds. The van der Waals surface area contributed by atoms with Gasteiger partial charge in [0.05, 0.1) is 10.6 Å². The Morgan fingerprint density at radius 3 is 2.46 bits per heavy atom.